The molecule has 0 aliphatic carbocycles. The van der Waals surface area contributed by atoms with Crippen molar-refractivity contribution >= 4 is 18.4 Å². The Morgan fingerprint density at radius 2 is 2.46 bits per heavy atom. The summed E-state index contributed by atoms with van der Waals surface area (Å²) in [4.78, 5) is 10.9. The van der Waals surface area contributed by atoms with Gasteiger partial charge in [-0.25, -0.2) is 4.79 Å². The smallest absolute Gasteiger partial charge is 0.358 e. The monoisotopic (exact) mass is 205 g/mol. The van der Waals surface area contributed by atoms with Crippen LogP contribution < -0.4 is 5.32 Å². The van der Waals surface area contributed by atoms with Gasteiger partial charge in [0.25, 0.3) is 0 Å². The first-order valence-corrected chi connectivity index (χ1v) is 3.55. The Balaban J connectivity index is 0.00000144. The number of ether oxygens (including phenoxy) is 1. The van der Waals surface area contributed by atoms with Crippen LogP contribution in [0.15, 0.2) is 6.07 Å². The molecule has 6 heteroatoms. The van der Waals surface area contributed by atoms with Gasteiger partial charge in [-0.3, -0.25) is 5.10 Å². The van der Waals surface area contributed by atoms with E-state index in [4.69, 9.17) is 0 Å². The lowest BCUT2D eigenvalue weighted by Gasteiger charge is -1.91. The van der Waals surface area contributed by atoms with Gasteiger partial charge in [-0.1, -0.05) is 0 Å². The third kappa shape index (κ3) is 3.04. The van der Waals surface area contributed by atoms with Crippen molar-refractivity contribution in [3.8, 4) is 0 Å². The quantitative estimate of drug-likeness (QED) is 0.699. The molecule has 0 atom stereocenters. The molecular formula is C7H12ClN3O2. The zero-order chi connectivity index (χ0) is 8.97. The molecule has 5 nitrogen and oxygen atoms in total. The molecule has 0 saturated heterocycles. The summed E-state index contributed by atoms with van der Waals surface area (Å²) in [5, 5.41) is 9.41. The minimum absolute atomic E-state index is 0. The number of carbonyl (C=O) groups excluding carboxylic acids is 1. The van der Waals surface area contributed by atoms with Crippen LogP contribution in [-0.2, 0) is 11.3 Å². The average molecular weight is 206 g/mol. The van der Waals surface area contributed by atoms with Crippen LogP contribution in [0.2, 0.25) is 0 Å². The molecule has 0 saturated carbocycles. The maximum absolute atomic E-state index is 10.9. The van der Waals surface area contributed by atoms with E-state index in [1.165, 1.54) is 7.11 Å². The highest BCUT2D eigenvalue weighted by Crippen LogP contribution is 2.00. The summed E-state index contributed by atoms with van der Waals surface area (Å²) in [6.45, 7) is 0.657. The van der Waals surface area contributed by atoms with Gasteiger partial charge >= 0.3 is 5.97 Å². The second-order valence-electron chi connectivity index (χ2n) is 2.30. The second kappa shape index (κ2) is 5.55. The maximum Gasteiger partial charge on any atom is 0.358 e. The van der Waals surface area contributed by atoms with Gasteiger partial charge in [-0.2, -0.15) is 5.10 Å². The number of esters is 1. The molecule has 74 valence electrons. The summed E-state index contributed by atoms with van der Waals surface area (Å²) < 4.78 is 4.49. The number of hydrogen-bond acceptors (Lipinski definition) is 4. The van der Waals surface area contributed by atoms with E-state index in [0.29, 0.717) is 12.2 Å². The minimum Gasteiger partial charge on any atom is -0.464 e. The number of aromatic amines is 1. The van der Waals surface area contributed by atoms with Gasteiger partial charge in [-0.15, -0.1) is 12.4 Å². The van der Waals surface area contributed by atoms with Crippen LogP contribution in [-0.4, -0.2) is 30.3 Å². The Bertz CT molecular complexity index is 274. The summed E-state index contributed by atoms with van der Waals surface area (Å²) in [6, 6.07) is 1.66. The third-order valence-electron chi connectivity index (χ3n) is 1.39. The molecule has 1 aromatic rings. The van der Waals surface area contributed by atoms with Gasteiger partial charge in [0.2, 0.25) is 0 Å². The number of carbonyl (C=O) groups is 1. The van der Waals surface area contributed by atoms with Gasteiger partial charge in [0.1, 0.15) is 0 Å². The number of halogens is 1. The molecular weight excluding hydrogens is 194 g/mol. The van der Waals surface area contributed by atoms with Gasteiger partial charge in [-0.05, 0) is 13.1 Å². The van der Waals surface area contributed by atoms with Crippen molar-refractivity contribution in [2.75, 3.05) is 14.2 Å². The van der Waals surface area contributed by atoms with Crippen LogP contribution >= 0.6 is 12.4 Å². The van der Waals surface area contributed by atoms with Gasteiger partial charge in [0, 0.05) is 12.2 Å². The Morgan fingerprint density at radius 1 is 1.77 bits per heavy atom. The van der Waals surface area contributed by atoms with Crippen LogP contribution in [0.25, 0.3) is 0 Å². The Hall–Kier alpha value is -1.07. The fourth-order valence-electron chi connectivity index (χ4n) is 0.852. The van der Waals surface area contributed by atoms with Gasteiger partial charge < -0.3 is 10.1 Å². The Kier molecular flexibility index (Phi) is 5.10. The molecule has 0 bridgehead atoms. The first-order chi connectivity index (χ1) is 5.77. The normalized spacial score (nSPS) is 9.08. The molecule has 0 radical (unpaired) electrons. The Labute approximate surface area is 82.3 Å². The summed E-state index contributed by atoms with van der Waals surface area (Å²) in [6.07, 6.45) is 0. The van der Waals surface area contributed by atoms with E-state index in [9.17, 15) is 4.79 Å². The lowest BCUT2D eigenvalue weighted by molar-refractivity contribution is 0.0594. The molecule has 0 amide bonds. The summed E-state index contributed by atoms with van der Waals surface area (Å²) in [7, 11) is 3.15. The molecule has 0 spiro atoms. The van der Waals surface area contributed by atoms with Crippen LogP contribution in [0, 0.1) is 0 Å². The number of nitrogens with one attached hydrogen (secondary N) is 2. The fraction of sp³-hybridized carbons (Fsp3) is 0.429. The fourth-order valence-corrected chi connectivity index (χ4v) is 0.852. The van der Waals surface area contributed by atoms with Gasteiger partial charge in [0.15, 0.2) is 5.69 Å². The van der Waals surface area contributed by atoms with E-state index in [1.54, 1.807) is 6.07 Å². The first-order valence-electron chi connectivity index (χ1n) is 3.55. The summed E-state index contributed by atoms with van der Waals surface area (Å²) in [5.74, 6) is -0.423. The van der Waals surface area contributed by atoms with Crippen molar-refractivity contribution in [1.82, 2.24) is 15.5 Å². The van der Waals surface area contributed by atoms with Crippen molar-refractivity contribution in [3.05, 3.63) is 17.5 Å². The standard InChI is InChI=1S/C7H11N3O2.ClH/c1-8-4-5-3-6(10-9-5)7(11)12-2;/h3,8H,4H2,1-2H3,(H,9,10);1H. The minimum atomic E-state index is -0.423. The van der Waals surface area contributed by atoms with Crippen LogP contribution in [0.1, 0.15) is 16.2 Å². The van der Waals surface area contributed by atoms with Crippen molar-refractivity contribution in [1.29, 1.82) is 0 Å². The van der Waals surface area contributed by atoms with Crippen LogP contribution in [0.5, 0.6) is 0 Å². The summed E-state index contributed by atoms with van der Waals surface area (Å²) in [5.41, 5.74) is 1.17. The topological polar surface area (TPSA) is 67.0 Å². The third-order valence-corrected chi connectivity index (χ3v) is 1.39. The maximum atomic E-state index is 10.9. The number of H-pyrrole nitrogens is 1. The van der Waals surface area contributed by atoms with Crippen LogP contribution in [0.4, 0.5) is 0 Å². The molecule has 0 fully saturated rings. The highest BCUT2D eigenvalue weighted by molar-refractivity contribution is 5.87. The molecule has 13 heavy (non-hydrogen) atoms. The number of hydrogen-bond donors (Lipinski definition) is 2. The molecule has 1 heterocycles. The zero-order valence-electron chi connectivity index (χ0n) is 7.46. The van der Waals surface area contributed by atoms with Gasteiger partial charge in [0.05, 0.1) is 7.11 Å². The Morgan fingerprint density at radius 3 is 3.00 bits per heavy atom. The van der Waals surface area contributed by atoms with E-state index in [0.717, 1.165) is 5.69 Å². The number of nitrogens with zero attached hydrogens (tertiary/aromatic N) is 1. The predicted octanol–water partition coefficient (Wildman–Crippen LogP) is 0.337. The van der Waals surface area contributed by atoms with Crippen molar-refractivity contribution in [2.24, 2.45) is 0 Å². The van der Waals surface area contributed by atoms with E-state index in [-0.39, 0.29) is 12.4 Å². The number of rotatable bonds is 3. The largest absolute Gasteiger partial charge is 0.464 e. The lowest BCUT2D eigenvalue weighted by atomic mass is 10.3. The summed E-state index contributed by atoms with van der Waals surface area (Å²) >= 11 is 0. The zero-order valence-corrected chi connectivity index (χ0v) is 8.27. The lowest BCUT2D eigenvalue weighted by Crippen LogP contribution is -2.05. The van der Waals surface area contributed by atoms with Crippen LogP contribution in [0.3, 0.4) is 0 Å². The number of aromatic nitrogens is 2. The molecule has 0 aliphatic heterocycles. The van der Waals surface area contributed by atoms with E-state index >= 15 is 0 Å². The first kappa shape index (κ1) is 11.9. The predicted molar refractivity (Wildman–Crippen MR) is 49.9 cm³/mol. The molecule has 1 rings (SSSR count). The van der Waals surface area contributed by atoms with E-state index in [1.807, 2.05) is 7.05 Å². The molecule has 1 aromatic heterocycles. The molecule has 0 aromatic carbocycles. The van der Waals surface area contributed by atoms with Crippen molar-refractivity contribution in [3.63, 3.8) is 0 Å². The molecule has 2 N–H and O–H groups in total. The van der Waals surface area contributed by atoms with Crippen molar-refractivity contribution < 1.29 is 9.53 Å². The average Bonchev–Trinajstić information content (AvgIpc) is 2.52. The van der Waals surface area contributed by atoms with E-state index in [2.05, 4.69) is 20.3 Å². The highest BCUT2D eigenvalue weighted by atomic mass is 35.5. The highest BCUT2D eigenvalue weighted by Gasteiger charge is 2.08. The second-order valence-corrected chi connectivity index (χ2v) is 2.30. The number of methoxy groups -OCH3 is 1. The SMILES string of the molecule is CNCc1cc(C(=O)OC)n[nH]1.Cl. The molecule has 0 unspecified atom stereocenters. The van der Waals surface area contributed by atoms with Crippen molar-refractivity contribution in [2.45, 2.75) is 6.54 Å². The molecule has 0 aliphatic rings. The van der Waals surface area contributed by atoms with E-state index < -0.39 is 5.97 Å².